The minimum Gasteiger partial charge on any atom is -0.465 e. The van der Waals surface area contributed by atoms with Crippen molar-refractivity contribution in [3.63, 3.8) is 0 Å². The predicted octanol–water partition coefficient (Wildman–Crippen LogP) is 9.84. The topological polar surface area (TPSA) is 52.6 Å². The molecule has 0 amide bonds. The van der Waals surface area contributed by atoms with Gasteiger partial charge in [-0.05, 0) is 99.6 Å². The van der Waals surface area contributed by atoms with E-state index in [4.69, 9.17) is 9.47 Å². The predicted molar refractivity (Wildman–Crippen MR) is 209 cm³/mol. The summed E-state index contributed by atoms with van der Waals surface area (Å²) in [5.74, 6) is 11.0. The Morgan fingerprint density at radius 1 is 0.600 bits per heavy atom. The van der Waals surface area contributed by atoms with Gasteiger partial charge in [-0.15, -0.1) is 5.92 Å². The molecule has 0 spiro atoms. The summed E-state index contributed by atoms with van der Waals surface area (Å²) in [5, 5.41) is 0. The van der Waals surface area contributed by atoms with Crippen molar-refractivity contribution in [1.29, 1.82) is 0 Å². The Labute approximate surface area is 298 Å². The van der Waals surface area contributed by atoms with Crippen molar-refractivity contribution < 1.29 is 19.1 Å². The maximum Gasteiger partial charge on any atom is 0.384 e. The van der Waals surface area contributed by atoms with Crippen LogP contribution in [0, 0.1) is 29.1 Å². The molecule has 4 aromatic carbocycles. The van der Waals surface area contributed by atoms with Crippen molar-refractivity contribution in [2.45, 2.75) is 40.5 Å². The molecule has 50 heavy (non-hydrogen) atoms. The normalized spacial score (nSPS) is 14.2. The van der Waals surface area contributed by atoms with Crippen LogP contribution < -0.4 is 0 Å². The Bertz CT molecular complexity index is 2020. The number of carbonyl (C=O) groups excluding carboxylic acids is 2. The number of esters is 2. The minimum absolute atomic E-state index is 0.224. The van der Waals surface area contributed by atoms with Gasteiger partial charge in [0, 0.05) is 38.0 Å². The molecular formula is C45H44O4S. The zero-order valence-corrected chi connectivity index (χ0v) is 30.6. The largest absolute Gasteiger partial charge is 0.465 e. The van der Waals surface area contributed by atoms with E-state index < -0.39 is 21.4 Å². The van der Waals surface area contributed by atoms with Crippen molar-refractivity contribution in [2.24, 2.45) is 5.41 Å². The van der Waals surface area contributed by atoms with E-state index in [0.717, 1.165) is 16.7 Å². The second-order valence-electron chi connectivity index (χ2n) is 13.5. The van der Waals surface area contributed by atoms with Crippen molar-refractivity contribution in [3.05, 3.63) is 143 Å². The first-order valence-corrected chi connectivity index (χ1v) is 19.3. The fourth-order valence-corrected chi connectivity index (χ4v) is 9.06. The van der Waals surface area contributed by atoms with Crippen molar-refractivity contribution in [3.8, 4) is 23.7 Å². The summed E-state index contributed by atoms with van der Waals surface area (Å²) in [6, 6.07) is 38.1. The molecule has 0 unspecified atom stereocenters. The molecule has 5 rings (SSSR count). The molecule has 254 valence electrons. The maximum atomic E-state index is 12.4. The number of benzene rings is 4. The number of carbonyl (C=O) groups is 2. The van der Waals surface area contributed by atoms with Gasteiger partial charge in [-0.1, -0.05) is 96.8 Å². The van der Waals surface area contributed by atoms with Gasteiger partial charge in [0.15, 0.2) is 0 Å². The summed E-state index contributed by atoms with van der Waals surface area (Å²) in [6.07, 6.45) is 5.97. The molecule has 0 N–H and O–H groups in total. The van der Waals surface area contributed by atoms with Gasteiger partial charge in [0.2, 0.25) is 0 Å². The molecule has 0 saturated carbocycles. The Hall–Kier alpha value is -5.23. The number of rotatable bonds is 9. The number of hydrogen-bond acceptors (Lipinski definition) is 4. The van der Waals surface area contributed by atoms with E-state index >= 15 is 0 Å². The number of hydrogen-bond donors (Lipinski definition) is 0. The summed E-state index contributed by atoms with van der Waals surface area (Å²) in [5.41, 5.74) is 8.36. The third-order valence-electron chi connectivity index (χ3n) is 8.34. The minimum atomic E-state index is -1.54. The lowest BCUT2D eigenvalue weighted by Gasteiger charge is -2.34. The van der Waals surface area contributed by atoms with E-state index in [1.165, 1.54) is 37.6 Å². The monoisotopic (exact) mass is 680 g/mol. The molecule has 0 saturated heterocycles. The number of ether oxygens (including phenoxy) is 2. The lowest BCUT2D eigenvalue weighted by molar-refractivity contribution is -0.153. The molecule has 4 aromatic rings. The molecule has 0 bridgehead atoms. The molecular weight excluding hydrogens is 637 g/mol. The zero-order chi connectivity index (χ0) is 35.7. The quantitative estimate of drug-likeness (QED) is 0.100. The molecule has 0 aromatic heterocycles. The highest BCUT2D eigenvalue weighted by Crippen LogP contribution is 2.74. The van der Waals surface area contributed by atoms with Crippen molar-refractivity contribution in [2.75, 3.05) is 25.7 Å². The van der Waals surface area contributed by atoms with Gasteiger partial charge in [-0.3, -0.25) is 4.79 Å². The molecule has 1 aliphatic rings. The van der Waals surface area contributed by atoms with Gasteiger partial charge in [-0.25, -0.2) is 4.79 Å². The fourth-order valence-electron chi connectivity index (χ4n) is 5.94. The second-order valence-corrected chi connectivity index (χ2v) is 16.9. The second kappa shape index (κ2) is 16.0. The Morgan fingerprint density at radius 2 is 1.04 bits per heavy atom. The van der Waals surface area contributed by atoms with Gasteiger partial charge in [-0.2, -0.15) is 10.0 Å². The van der Waals surface area contributed by atoms with E-state index in [1.54, 1.807) is 0 Å². The van der Waals surface area contributed by atoms with E-state index in [-0.39, 0.29) is 12.6 Å². The van der Waals surface area contributed by atoms with Crippen LogP contribution in [0.5, 0.6) is 0 Å². The van der Waals surface area contributed by atoms with Crippen LogP contribution >= 0.6 is 10.0 Å². The summed E-state index contributed by atoms with van der Waals surface area (Å²) in [7, 11) is -1.54. The first-order chi connectivity index (χ1) is 24.0. The van der Waals surface area contributed by atoms with Gasteiger partial charge in [0.1, 0.15) is 0 Å². The Balaban J connectivity index is 1.43. The van der Waals surface area contributed by atoms with E-state index in [1.807, 2.05) is 39.8 Å². The van der Waals surface area contributed by atoms with E-state index in [2.05, 4.69) is 133 Å². The van der Waals surface area contributed by atoms with Crippen LogP contribution in [0.2, 0.25) is 0 Å². The highest BCUT2D eigenvalue weighted by molar-refractivity contribution is 8.47. The zero-order valence-electron chi connectivity index (χ0n) is 29.8. The smallest absolute Gasteiger partial charge is 0.384 e. The van der Waals surface area contributed by atoms with Crippen LogP contribution in [0.1, 0.15) is 73.9 Å². The van der Waals surface area contributed by atoms with Crippen LogP contribution in [0.25, 0.3) is 21.0 Å². The number of allylic oxidation sites excluding steroid dienone is 2. The summed E-state index contributed by atoms with van der Waals surface area (Å²) >= 11 is 0. The van der Waals surface area contributed by atoms with E-state index in [0.29, 0.717) is 19.4 Å². The first kappa shape index (κ1) is 36.1. The third-order valence-corrected chi connectivity index (χ3v) is 11.3. The van der Waals surface area contributed by atoms with Crippen LogP contribution in [-0.4, -0.2) is 37.7 Å². The average Bonchev–Trinajstić information content (AvgIpc) is 3.36. The highest BCUT2D eigenvalue weighted by atomic mass is 32.3. The van der Waals surface area contributed by atoms with E-state index in [9.17, 15) is 9.59 Å². The van der Waals surface area contributed by atoms with Crippen LogP contribution in [0.4, 0.5) is 0 Å². The lowest BCUT2D eigenvalue weighted by Crippen LogP contribution is -2.23. The molecule has 0 fully saturated rings. The molecule has 4 nitrogen and oxygen atoms in total. The average molecular weight is 681 g/mol. The SMILES string of the molecule is CC#Cc1ccc(C2=C(c3ccccc3)C(c3ccccc3)=C(c3ccc(C#CC(=O)OCCCCOC(=O)C(C)(C)C)cc3)S2(C)C)cc1. The Morgan fingerprint density at radius 3 is 1.48 bits per heavy atom. The number of unbranched alkanes of at least 4 members (excludes halogenated alkanes) is 1. The molecule has 0 aliphatic carbocycles. The van der Waals surface area contributed by atoms with Gasteiger partial charge < -0.3 is 9.47 Å². The van der Waals surface area contributed by atoms with Gasteiger partial charge in [0.25, 0.3) is 0 Å². The van der Waals surface area contributed by atoms with Crippen LogP contribution in [0.3, 0.4) is 0 Å². The molecule has 1 heterocycles. The van der Waals surface area contributed by atoms with Crippen molar-refractivity contribution >= 4 is 42.9 Å². The highest BCUT2D eigenvalue weighted by Gasteiger charge is 2.39. The molecule has 0 atom stereocenters. The lowest BCUT2D eigenvalue weighted by atomic mass is 9.89. The van der Waals surface area contributed by atoms with Gasteiger partial charge in [0.05, 0.1) is 18.6 Å². The first-order valence-electron chi connectivity index (χ1n) is 16.8. The summed E-state index contributed by atoms with van der Waals surface area (Å²) in [4.78, 5) is 26.9. The maximum absolute atomic E-state index is 12.4. The molecule has 1 aliphatic heterocycles. The Kier molecular flexibility index (Phi) is 11.5. The van der Waals surface area contributed by atoms with Gasteiger partial charge >= 0.3 is 11.9 Å². The molecule has 0 radical (unpaired) electrons. The fraction of sp³-hybridized carbons (Fsp3) is 0.244. The summed E-state index contributed by atoms with van der Waals surface area (Å²) in [6.45, 7) is 7.84. The molecule has 5 heteroatoms. The third kappa shape index (κ3) is 8.49. The standard InChI is InChI=1S/C45H44O4S/c1-7-16-33-21-26-37(27-22-33)42-40(35-17-10-8-11-18-35)41(36-19-12-9-13-20-36)43(50(42,5)6)38-28-23-34(24-29-38)25-30-39(46)48-31-14-15-32-49-44(47)45(2,3)4/h8-13,17-24,26-29H,14-15,31-32H2,1-6H3. The van der Waals surface area contributed by atoms with Crippen LogP contribution in [-0.2, 0) is 19.1 Å². The van der Waals surface area contributed by atoms with Crippen LogP contribution in [0.15, 0.2) is 109 Å². The summed E-state index contributed by atoms with van der Waals surface area (Å²) < 4.78 is 10.6. The van der Waals surface area contributed by atoms with Crippen molar-refractivity contribution in [1.82, 2.24) is 0 Å².